The van der Waals surface area contributed by atoms with E-state index in [4.69, 9.17) is 4.74 Å². The lowest BCUT2D eigenvalue weighted by Gasteiger charge is -2.10. The topological polar surface area (TPSA) is 38.3 Å². The molecule has 0 aliphatic rings. The van der Waals surface area contributed by atoms with Crippen molar-refractivity contribution in [3.05, 3.63) is 84.4 Å². The standard InChI is InChI=1S/C32H41NO2/c1-2-3-4-5-6-7-8-9-10-11-12-13-14-19-27-20-17-23-29(26-27)35-32(34)33-31-25-18-22-28-21-15-16-24-30(28)31/h7-8,15-18,20-26H,2-6,9-14,19H2,1H3,(H,33,34)/b8-7+. The summed E-state index contributed by atoms with van der Waals surface area (Å²) in [6, 6.07) is 21.7. The number of amides is 1. The molecule has 0 aliphatic carbocycles. The molecule has 0 unspecified atom stereocenters. The number of aryl methyl sites for hydroxylation is 1. The van der Waals surface area contributed by atoms with Crippen LogP contribution in [0.25, 0.3) is 10.8 Å². The molecule has 0 fully saturated rings. The summed E-state index contributed by atoms with van der Waals surface area (Å²) in [4.78, 5) is 12.5. The van der Waals surface area contributed by atoms with E-state index in [9.17, 15) is 4.79 Å². The van der Waals surface area contributed by atoms with Crippen LogP contribution in [0.3, 0.4) is 0 Å². The molecule has 3 aromatic carbocycles. The van der Waals surface area contributed by atoms with Gasteiger partial charge < -0.3 is 4.74 Å². The van der Waals surface area contributed by atoms with Gasteiger partial charge in [0.2, 0.25) is 0 Å². The second-order valence-electron chi connectivity index (χ2n) is 9.32. The maximum absolute atomic E-state index is 12.5. The van der Waals surface area contributed by atoms with Gasteiger partial charge in [0.15, 0.2) is 0 Å². The number of fused-ring (bicyclic) bond motifs is 1. The number of carbonyl (C=O) groups is 1. The highest BCUT2D eigenvalue weighted by molar-refractivity contribution is 6.00. The molecule has 3 aromatic rings. The molecule has 186 valence electrons. The van der Waals surface area contributed by atoms with Gasteiger partial charge in [-0.05, 0) is 67.7 Å². The molecule has 0 saturated heterocycles. The summed E-state index contributed by atoms with van der Waals surface area (Å²) < 4.78 is 5.57. The second-order valence-corrected chi connectivity index (χ2v) is 9.32. The number of hydrogen-bond donors (Lipinski definition) is 1. The molecule has 0 aliphatic heterocycles. The first-order valence-corrected chi connectivity index (χ1v) is 13.5. The summed E-state index contributed by atoms with van der Waals surface area (Å²) in [7, 11) is 0. The molecule has 1 amide bonds. The fourth-order valence-corrected chi connectivity index (χ4v) is 4.39. The van der Waals surface area contributed by atoms with E-state index in [-0.39, 0.29) is 0 Å². The number of ether oxygens (including phenoxy) is 1. The van der Waals surface area contributed by atoms with Gasteiger partial charge in [0.1, 0.15) is 5.75 Å². The van der Waals surface area contributed by atoms with Crippen LogP contribution < -0.4 is 10.1 Å². The van der Waals surface area contributed by atoms with Crippen molar-refractivity contribution in [2.24, 2.45) is 0 Å². The Balaban J connectivity index is 1.31. The van der Waals surface area contributed by atoms with E-state index in [1.54, 1.807) is 0 Å². The maximum Gasteiger partial charge on any atom is 0.417 e. The third-order valence-electron chi connectivity index (χ3n) is 6.36. The van der Waals surface area contributed by atoms with Crippen LogP contribution >= 0.6 is 0 Å². The lowest BCUT2D eigenvalue weighted by Crippen LogP contribution is -2.17. The predicted octanol–water partition coefficient (Wildman–Crippen LogP) is 9.86. The molecule has 3 rings (SSSR count). The first-order valence-electron chi connectivity index (χ1n) is 13.5. The van der Waals surface area contributed by atoms with Crippen LogP contribution in [0.1, 0.15) is 83.1 Å². The Bertz CT molecular complexity index is 1050. The van der Waals surface area contributed by atoms with Gasteiger partial charge in [-0.1, -0.05) is 106 Å². The Morgan fingerprint density at radius 2 is 1.46 bits per heavy atom. The number of allylic oxidation sites excluding steroid dienone is 2. The highest BCUT2D eigenvalue weighted by Crippen LogP contribution is 2.24. The van der Waals surface area contributed by atoms with Crippen molar-refractivity contribution in [1.29, 1.82) is 0 Å². The first kappa shape index (κ1) is 26.5. The Kier molecular flexibility index (Phi) is 11.9. The summed E-state index contributed by atoms with van der Waals surface area (Å²) in [5.41, 5.74) is 1.97. The normalized spacial score (nSPS) is 11.2. The third kappa shape index (κ3) is 9.98. The van der Waals surface area contributed by atoms with Crippen LogP contribution in [0.2, 0.25) is 0 Å². The number of unbranched alkanes of at least 4 members (excludes halogenated alkanes) is 9. The molecule has 0 radical (unpaired) electrons. The molecule has 35 heavy (non-hydrogen) atoms. The van der Waals surface area contributed by atoms with Gasteiger partial charge in [-0.2, -0.15) is 0 Å². The Hall–Kier alpha value is -3.07. The molecule has 0 bridgehead atoms. The zero-order chi connectivity index (χ0) is 24.6. The molecule has 1 N–H and O–H groups in total. The Morgan fingerprint density at radius 3 is 2.29 bits per heavy atom. The minimum Gasteiger partial charge on any atom is -0.410 e. The van der Waals surface area contributed by atoms with Crippen LogP contribution in [-0.2, 0) is 6.42 Å². The van der Waals surface area contributed by atoms with E-state index in [1.807, 2.05) is 60.7 Å². The fraction of sp³-hybridized carbons (Fsp3) is 0.406. The molecule has 0 saturated carbocycles. The molecule has 0 atom stereocenters. The molecular weight excluding hydrogens is 430 g/mol. The summed E-state index contributed by atoms with van der Waals surface area (Å²) in [6.45, 7) is 2.26. The van der Waals surface area contributed by atoms with Crippen LogP contribution in [0.4, 0.5) is 10.5 Å². The summed E-state index contributed by atoms with van der Waals surface area (Å²) in [6.07, 6.45) is 19.4. The van der Waals surface area contributed by atoms with Crippen molar-refractivity contribution in [3.63, 3.8) is 0 Å². The summed E-state index contributed by atoms with van der Waals surface area (Å²) >= 11 is 0. The van der Waals surface area contributed by atoms with Crippen LogP contribution in [-0.4, -0.2) is 6.09 Å². The smallest absolute Gasteiger partial charge is 0.410 e. The van der Waals surface area contributed by atoms with Gasteiger partial charge in [0.05, 0.1) is 5.69 Å². The van der Waals surface area contributed by atoms with Crippen molar-refractivity contribution in [1.82, 2.24) is 0 Å². The molecule has 0 spiro atoms. The molecule has 3 nitrogen and oxygen atoms in total. The van der Waals surface area contributed by atoms with E-state index >= 15 is 0 Å². The van der Waals surface area contributed by atoms with Gasteiger partial charge >= 0.3 is 6.09 Å². The Morgan fingerprint density at radius 1 is 0.771 bits per heavy atom. The molecular formula is C32H41NO2. The van der Waals surface area contributed by atoms with Crippen molar-refractivity contribution >= 4 is 22.6 Å². The van der Waals surface area contributed by atoms with Crippen molar-refractivity contribution < 1.29 is 9.53 Å². The minimum absolute atomic E-state index is 0.464. The van der Waals surface area contributed by atoms with Crippen LogP contribution in [0, 0.1) is 0 Å². The van der Waals surface area contributed by atoms with Crippen molar-refractivity contribution in [2.45, 2.75) is 84.0 Å². The average molecular weight is 472 g/mol. The lowest BCUT2D eigenvalue weighted by atomic mass is 10.0. The third-order valence-corrected chi connectivity index (χ3v) is 6.36. The van der Waals surface area contributed by atoms with E-state index in [0.29, 0.717) is 5.75 Å². The summed E-state index contributed by atoms with van der Waals surface area (Å²) in [5, 5.41) is 4.97. The van der Waals surface area contributed by atoms with Gasteiger partial charge in [-0.25, -0.2) is 4.79 Å². The van der Waals surface area contributed by atoms with E-state index < -0.39 is 6.09 Å². The first-order chi connectivity index (χ1) is 17.3. The zero-order valence-electron chi connectivity index (χ0n) is 21.3. The maximum atomic E-state index is 12.5. The van der Waals surface area contributed by atoms with Crippen LogP contribution in [0.15, 0.2) is 78.9 Å². The largest absolute Gasteiger partial charge is 0.417 e. The quantitative estimate of drug-likeness (QED) is 0.177. The zero-order valence-corrected chi connectivity index (χ0v) is 21.3. The summed E-state index contributed by atoms with van der Waals surface area (Å²) in [5.74, 6) is 0.585. The van der Waals surface area contributed by atoms with Gasteiger partial charge in [0.25, 0.3) is 0 Å². The number of hydrogen-bond acceptors (Lipinski definition) is 2. The van der Waals surface area contributed by atoms with E-state index in [1.165, 1.54) is 76.2 Å². The van der Waals surface area contributed by atoms with Crippen molar-refractivity contribution in [3.8, 4) is 5.75 Å². The minimum atomic E-state index is -0.464. The number of rotatable bonds is 15. The monoisotopic (exact) mass is 471 g/mol. The number of nitrogens with one attached hydrogen (secondary N) is 1. The molecule has 3 heteroatoms. The van der Waals surface area contributed by atoms with E-state index in [0.717, 1.165) is 22.9 Å². The number of carbonyl (C=O) groups excluding carboxylic acids is 1. The SMILES string of the molecule is CCCCCC/C=C/CCCCCCCc1cccc(OC(=O)Nc2cccc3ccccc23)c1. The molecule has 0 heterocycles. The highest BCUT2D eigenvalue weighted by Gasteiger charge is 2.08. The number of anilines is 1. The Labute approximate surface area is 211 Å². The van der Waals surface area contributed by atoms with Gasteiger partial charge in [-0.15, -0.1) is 0 Å². The number of benzene rings is 3. The lowest BCUT2D eigenvalue weighted by molar-refractivity contribution is 0.215. The van der Waals surface area contributed by atoms with Gasteiger partial charge in [0, 0.05) is 5.39 Å². The average Bonchev–Trinajstić information content (AvgIpc) is 2.87. The van der Waals surface area contributed by atoms with Crippen molar-refractivity contribution in [2.75, 3.05) is 5.32 Å². The highest BCUT2D eigenvalue weighted by atomic mass is 16.6. The predicted molar refractivity (Wildman–Crippen MR) is 149 cm³/mol. The molecule has 0 aromatic heterocycles. The fourth-order valence-electron chi connectivity index (χ4n) is 4.39. The van der Waals surface area contributed by atoms with Gasteiger partial charge in [-0.3, -0.25) is 5.32 Å². The van der Waals surface area contributed by atoms with E-state index in [2.05, 4.69) is 30.5 Å². The second kappa shape index (κ2) is 15.8. The van der Waals surface area contributed by atoms with Crippen LogP contribution in [0.5, 0.6) is 5.75 Å².